The monoisotopic (exact) mass is 691 g/mol. The summed E-state index contributed by atoms with van der Waals surface area (Å²) in [5, 5.41) is 9.52. The number of nitrogens with zero attached hydrogens (tertiary/aromatic N) is 2. The standard InChI is InChI=1S/C35H35Cl2N5O6/c1-5-47-32(45)19-39-27-17-21(2)41-34-24(27)7-6-8-29(34)48-20-25-26(36)14-15-28(33(25)37)42(4)31(44)18-40-30(43)16-11-22-9-12-23(13-10-22)35(46)38-3/h6-17H,5,18-20H2,1-4H3,(H,38,46)(H,39,41)(H,40,43). The SMILES string of the molecule is CCOC(=O)CNc1cc(C)nc2c(OCc3c(Cl)ccc(N(C)C(=O)CNC(=O)C=Cc4ccc(C(=O)NC)cc4)c3Cl)cccc12. The molecule has 0 aliphatic carbocycles. The zero-order valence-electron chi connectivity index (χ0n) is 26.9. The van der Waals surface area contributed by atoms with Gasteiger partial charge in [-0.15, -0.1) is 0 Å². The molecule has 13 heteroatoms. The summed E-state index contributed by atoms with van der Waals surface area (Å²) in [5.41, 5.74) is 4.03. The Kier molecular flexibility index (Phi) is 12.4. The summed E-state index contributed by atoms with van der Waals surface area (Å²) in [6.07, 6.45) is 2.88. The van der Waals surface area contributed by atoms with Crippen LogP contribution in [0.3, 0.4) is 0 Å². The normalized spacial score (nSPS) is 10.9. The minimum atomic E-state index is -0.471. The van der Waals surface area contributed by atoms with Crippen LogP contribution in [-0.4, -0.2) is 62.5 Å². The number of carbonyl (C=O) groups excluding carboxylic acids is 4. The number of esters is 1. The fraction of sp³-hybridized carbons (Fsp3) is 0.229. The van der Waals surface area contributed by atoms with Gasteiger partial charge in [-0.1, -0.05) is 47.5 Å². The number of aromatic nitrogens is 1. The second kappa shape index (κ2) is 16.6. The van der Waals surface area contributed by atoms with Crippen molar-refractivity contribution in [2.75, 3.05) is 44.0 Å². The smallest absolute Gasteiger partial charge is 0.325 e. The number of halogens is 2. The molecule has 0 saturated carbocycles. The zero-order chi connectivity index (χ0) is 34.8. The lowest BCUT2D eigenvalue weighted by atomic mass is 10.1. The van der Waals surface area contributed by atoms with E-state index in [2.05, 4.69) is 20.9 Å². The van der Waals surface area contributed by atoms with Crippen LogP contribution in [-0.2, 0) is 25.7 Å². The van der Waals surface area contributed by atoms with E-state index in [1.807, 2.05) is 25.1 Å². The van der Waals surface area contributed by atoms with E-state index >= 15 is 0 Å². The molecule has 11 nitrogen and oxygen atoms in total. The van der Waals surface area contributed by atoms with Gasteiger partial charge in [0.25, 0.3) is 5.91 Å². The van der Waals surface area contributed by atoms with Crippen molar-refractivity contribution in [3.05, 3.63) is 99.2 Å². The van der Waals surface area contributed by atoms with Gasteiger partial charge in [0.1, 0.15) is 24.4 Å². The van der Waals surface area contributed by atoms with Crippen molar-refractivity contribution in [2.24, 2.45) is 0 Å². The number of nitrogens with one attached hydrogen (secondary N) is 3. The minimum absolute atomic E-state index is 0.00200. The lowest BCUT2D eigenvalue weighted by Gasteiger charge is -2.21. The highest BCUT2D eigenvalue weighted by Gasteiger charge is 2.20. The number of aryl methyl sites for hydroxylation is 1. The van der Waals surface area contributed by atoms with Gasteiger partial charge in [0.05, 0.1) is 23.9 Å². The second-order valence-corrected chi connectivity index (χ2v) is 11.3. The molecule has 0 unspecified atom stereocenters. The van der Waals surface area contributed by atoms with E-state index in [-0.39, 0.29) is 36.6 Å². The topological polar surface area (TPSA) is 139 Å². The number of ether oxygens (including phenoxy) is 2. The molecule has 0 atom stereocenters. The highest BCUT2D eigenvalue weighted by Crippen LogP contribution is 2.36. The van der Waals surface area contributed by atoms with E-state index < -0.39 is 11.8 Å². The second-order valence-electron chi connectivity index (χ2n) is 10.5. The first-order valence-corrected chi connectivity index (χ1v) is 15.7. The Morgan fingerprint density at radius 3 is 2.46 bits per heavy atom. The molecule has 0 fully saturated rings. The highest BCUT2D eigenvalue weighted by molar-refractivity contribution is 6.38. The number of likely N-dealkylation sites (N-methyl/N-ethyl adjacent to an activating group) is 1. The van der Waals surface area contributed by atoms with Crippen LogP contribution < -0.4 is 25.6 Å². The van der Waals surface area contributed by atoms with Gasteiger partial charge < -0.3 is 30.3 Å². The molecule has 3 N–H and O–H groups in total. The summed E-state index contributed by atoms with van der Waals surface area (Å²) in [5.74, 6) is -1.00. The van der Waals surface area contributed by atoms with Gasteiger partial charge in [0.15, 0.2) is 0 Å². The fourth-order valence-corrected chi connectivity index (χ4v) is 5.26. The average Bonchev–Trinajstić information content (AvgIpc) is 3.08. The number of fused-ring (bicyclic) bond motifs is 1. The van der Waals surface area contributed by atoms with E-state index in [9.17, 15) is 19.2 Å². The number of carbonyl (C=O) groups is 4. The van der Waals surface area contributed by atoms with Crippen LogP contribution in [0.5, 0.6) is 5.75 Å². The number of hydrogen-bond acceptors (Lipinski definition) is 8. The molecule has 1 aromatic heterocycles. The van der Waals surface area contributed by atoms with Crippen LogP contribution >= 0.6 is 23.2 Å². The lowest BCUT2D eigenvalue weighted by Crippen LogP contribution is -2.37. The van der Waals surface area contributed by atoms with Crippen LogP contribution in [0.25, 0.3) is 17.0 Å². The van der Waals surface area contributed by atoms with E-state index in [1.54, 1.807) is 69.6 Å². The number of hydrogen-bond donors (Lipinski definition) is 3. The van der Waals surface area contributed by atoms with Gasteiger partial charge in [-0.25, -0.2) is 4.98 Å². The van der Waals surface area contributed by atoms with Gasteiger partial charge in [-0.2, -0.15) is 0 Å². The minimum Gasteiger partial charge on any atom is -0.487 e. The van der Waals surface area contributed by atoms with Crippen LogP contribution in [0.4, 0.5) is 11.4 Å². The third kappa shape index (κ3) is 9.02. The Hall–Kier alpha value is -5.13. The molecule has 3 amide bonds. The van der Waals surface area contributed by atoms with Gasteiger partial charge >= 0.3 is 5.97 Å². The predicted octanol–water partition coefficient (Wildman–Crippen LogP) is 5.56. The van der Waals surface area contributed by atoms with Crippen molar-refractivity contribution in [1.29, 1.82) is 0 Å². The van der Waals surface area contributed by atoms with Crippen molar-refractivity contribution < 1.29 is 28.7 Å². The lowest BCUT2D eigenvalue weighted by molar-refractivity contribution is -0.140. The summed E-state index contributed by atoms with van der Waals surface area (Å²) in [6, 6.07) is 17.2. The number of benzene rings is 3. The van der Waals surface area contributed by atoms with E-state index in [4.69, 9.17) is 32.7 Å². The van der Waals surface area contributed by atoms with Crippen molar-refractivity contribution >= 4 is 75.2 Å². The number of amides is 3. The third-order valence-electron chi connectivity index (χ3n) is 7.17. The summed E-state index contributed by atoms with van der Waals surface area (Å²) in [4.78, 5) is 55.0. The Morgan fingerprint density at radius 1 is 1.00 bits per heavy atom. The molecule has 3 aromatic carbocycles. The molecular weight excluding hydrogens is 657 g/mol. The first-order chi connectivity index (χ1) is 23.0. The van der Waals surface area contributed by atoms with Gasteiger partial charge in [-0.3, -0.25) is 19.2 Å². The molecule has 48 heavy (non-hydrogen) atoms. The van der Waals surface area contributed by atoms with E-state index in [0.29, 0.717) is 56.7 Å². The molecule has 0 aliphatic heterocycles. The molecular formula is C35H35Cl2N5O6. The third-order valence-corrected chi connectivity index (χ3v) is 7.95. The Balaban J connectivity index is 1.42. The Bertz CT molecular complexity index is 1860. The summed E-state index contributed by atoms with van der Waals surface area (Å²) in [6.45, 7) is 3.56. The molecule has 4 rings (SSSR count). The van der Waals surface area contributed by atoms with Crippen LogP contribution in [0.1, 0.15) is 34.1 Å². The molecule has 0 bridgehead atoms. The highest BCUT2D eigenvalue weighted by atomic mass is 35.5. The number of pyridine rings is 1. The Labute approximate surface area is 288 Å². The number of rotatable bonds is 13. The van der Waals surface area contributed by atoms with Crippen LogP contribution in [0, 0.1) is 6.92 Å². The van der Waals surface area contributed by atoms with Gasteiger partial charge in [0.2, 0.25) is 11.8 Å². The van der Waals surface area contributed by atoms with Gasteiger partial charge in [0, 0.05) is 53.1 Å². The van der Waals surface area contributed by atoms with E-state index in [1.165, 1.54) is 11.0 Å². The van der Waals surface area contributed by atoms with Crippen LogP contribution in [0.2, 0.25) is 10.0 Å². The van der Waals surface area contributed by atoms with Crippen molar-refractivity contribution in [2.45, 2.75) is 20.5 Å². The molecule has 1 heterocycles. The van der Waals surface area contributed by atoms with E-state index in [0.717, 1.165) is 5.39 Å². The fourth-order valence-electron chi connectivity index (χ4n) is 4.66. The molecule has 0 spiro atoms. The molecule has 0 saturated heterocycles. The Morgan fingerprint density at radius 2 is 1.75 bits per heavy atom. The number of para-hydroxylation sites is 1. The van der Waals surface area contributed by atoms with Crippen molar-refractivity contribution in [1.82, 2.24) is 15.6 Å². The number of anilines is 2. The largest absolute Gasteiger partial charge is 0.487 e. The van der Waals surface area contributed by atoms with Gasteiger partial charge in [-0.05, 0) is 61.9 Å². The summed E-state index contributed by atoms with van der Waals surface area (Å²) in [7, 11) is 3.09. The predicted molar refractivity (Wildman–Crippen MR) is 188 cm³/mol. The molecule has 0 radical (unpaired) electrons. The summed E-state index contributed by atoms with van der Waals surface area (Å²) < 4.78 is 11.2. The van der Waals surface area contributed by atoms with Crippen LogP contribution in [0.15, 0.2) is 66.7 Å². The summed E-state index contributed by atoms with van der Waals surface area (Å²) >= 11 is 13.3. The molecule has 4 aromatic rings. The maximum atomic E-state index is 13.0. The molecule has 250 valence electrons. The quantitative estimate of drug-likeness (QED) is 0.122. The van der Waals surface area contributed by atoms with Crippen molar-refractivity contribution in [3.8, 4) is 5.75 Å². The van der Waals surface area contributed by atoms with Crippen molar-refractivity contribution in [3.63, 3.8) is 0 Å². The molecule has 0 aliphatic rings. The zero-order valence-corrected chi connectivity index (χ0v) is 28.4. The maximum absolute atomic E-state index is 13.0. The maximum Gasteiger partial charge on any atom is 0.325 e. The first-order valence-electron chi connectivity index (χ1n) is 15.0. The first kappa shape index (κ1) is 35.7. The average molecular weight is 693 g/mol.